The number of aromatic nitrogens is 4. The summed E-state index contributed by atoms with van der Waals surface area (Å²) in [5.74, 6) is 0.596. The second-order valence-corrected chi connectivity index (χ2v) is 8.12. The van der Waals surface area contributed by atoms with Gasteiger partial charge < -0.3 is 19.6 Å². The number of rotatable bonds is 5. The zero-order chi connectivity index (χ0) is 19.5. The van der Waals surface area contributed by atoms with Gasteiger partial charge in [-0.3, -0.25) is 0 Å². The summed E-state index contributed by atoms with van der Waals surface area (Å²) in [5, 5.41) is 10.9. The molecule has 9 heteroatoms. The van der Waals surface area contributed by atoms with Gasteiger partial charge >= 0.3 is 6.18 Å². The number of nitrogens with zero attached hydrogens (tertiary/aromatic N) is 4. The van der Waals surface area contributed by atoms with Crippen molar-refractivity contribution in [2.75, 3.05) is 19.6 Å². The molecule has 3 aromatic heterocycles. The van der Waals surface area contributed by atoms with E-state index in [1.54, 1.807) is 6.20 Å². The fraction of sp³-hybridized carbons (Fsp3) is 0.579. The highest BCUT2D eigenvalue weighted by Crippen LogP contribution is 2.59. The number of likely N-dealkylation sites (tertiary alicyclic amines) is 1. The molecule has 1 atom stereocenters. The van der Waals surface area contributed by atoms with Gasteiger partial charge in [-0.25, -0.2) is 9.97 Å². The number of halogens is 3. The Hall–Kier alpha value is -2.13. The number of alkyl halides is 3. The van der Waals surface area contributed by atoms with Crippen molar-refractivity contribution in [3.05, 3.63) is 24.3 Å². The summed E-state index contributed by atoms with van der Waals surface area (Å²) in [6.07, 6.45) is 0.923. The van der Waals surface area contributed by atoms with Crippen LogP contribution in [0.15, 0.2) is 18.5 Å². The van der Waals surface area contributed by atoms with Crippen molar-refractivity contribution in [1.29, 1.82) is 0 Å². The molecule has 4 heterocycles. The van der Waals surface area contributed by atoms with Crippen LogP contribution in [-0.2, 0) is 6.61 Å². The number of fused-ring (bicyclic) bond motifs is 3. The highest BCUT2D eigenvalue weighted by atomic mass is 19.4. The minimum Gasteiger partial charge on any atom is -0.388 e. The van der Waals surface area contributed by atoms with Gasteiger partial charge in [0.05, 0.1) is 17.8 Å². The Kier molecular flexibility index (Phi) is 3.96. The van der Waals surface area contributed by atoms with Crippen LogP contribution in [-0.4, -0.2) is 55.3 Å². The third kappa shape index (κ3) is 2.88. The lowest BCUT2D eigenvalue weighted by Crippen LogP contribution is -2.24. The van der Waals surface area contributed by atoms with Crippen molar-refractivity contribution in [2.45, 2.75) is 44.5 Å². The third-order valence-electron chi connectivity index (χ3n) is 6.26. The molecular formula is C19H22F3N5O. The van der Waals surface area contributed by atoms with Crippen molar-refractivity contribution < 1.29 is 18.3 Å². The Morgan fingerprint density at radius 1 is 1.32 bits per heavy atom. The first-order chi connectivity index (χ1) is 13.4. The number of aromatic amines is 1. The van der Waals surface area contributed by atoms with Gasteiger partial charge in [-0.15, -0.1) is 0 Å². The Morgan fingerprint density at radius 3 is 2.86 bits per heavy atom. The van der Waals surface area contributed by atoms with Crippen molar-refractivity contribution in [1.82, 2.24) is 24.4 Å². The molecule has 2 fully saturated rings. The number of hydrogen-bond acceptors (Lipinski definition) is 4. The molecule has 1 spiro atoms. The van der Waals surface area contributed by atoms with Crippen LogP contribution in [0.1, 0.15) is 37.5 Å². The van der Waals surface area contributed by atoms with Crippen molar-refractivity contribution in [3.8, 4) is 0 Å². The van der Waals surface area contributed by atoms with Crippen molar-refractivity contribution in [3.63, 3.8) is 0 Å². The molecule has 0 bridgehead atoms. The van der Waals surface area contributed by atoms with E-state index in [4.69, 9.17) is 0 Å². The van der Waals surface area contributed by atoms with E-state index in [1.807, 2.05) is 12.3 Å². The molecule has 150 valence electrons. The molecular weight excluding hydrogens is 371 g/mol. The SMILES string of the molecule is OCc1nc2cnc3[nH]ccc3c2n1C1CN(CCCC(F)(F)F)CC12CC2. The number of imidazole rings is 1. The summed E-state index contributed by atoms with van der Waals surface area (Å²) in [4.78, 5) is 14.2. The summed E-state index contributed by atoms with van der Waals surface area (Å²) >= 11 is 0. The Labute approximate surface area is 159 Å². The van der Waals surface area contributed by atoms with E-state index in [-0.39, 0.29) is 24.5 Å². The van der Waals surface area contributed by atoms with Gasteiger partial charge in [0.1, 0.15) is 23.6 Å². The molecule has 2 N–H and O–H groups in total. The normalized spacial score (nSPS) is 22.1. The molecule has 1 aliphatic heterocycles. The molecule has 3 aromatic rings. The average molecular weight is 393 g/mol. The maximum absolute atomic E-state index is 12.5. The number of nitrogens with one attached hydrogen (secondary N) is 1. The van der Waals surface area contributed by atoms with E-state index in [9.17, 15) is 18.3 Å². The summed E-state index contributed by atoms with van der Waals surface area (Å²) in [6.45, 7) is 1.76. The number of aliphatic hydroxyl groups excluding tert-OH is 1. The second-order valence-electron chi connectivity index (χ2n) is 8.12. The summed E-state index contributed by atoms with van der Waals surface area (Å²) < 4.78 is 39.7. The van der Waals surface area contributed by atoms with Crippen molar-refractivity contribution in [2.24, 2.45) is 5.41 Å². The first-order valence-electron chi connectivity index (χ1n) is 9.63. The first-order valence-corrected chi connectivity index (χ1v) is 9.63. The quantitative estimate of drug-likeness (QED) is 0.697. The van der Waals surface area contributed by atoms with Crippen LogP contribution in [0.5, 0.6) is 0 Å². The van der Waals surface area contributed by atoms with Crippen LogP contribution in [0.25, 0.3) is 22.1 Å². The summed E-state index contributed by atoms with van der Waals surface area (Å²) in [7, 11) is 0. The van der Waals surface area contributed by atoms with Crippen LogP contribution in [0.2, 0.25) is 0 Å². The van der Waals surface area contributed by atoms with E-state index in [2.05, 4.69) is 24.4 Å². The smallest absolute Gasteiger partial charge is 0.388 e. The third-order valence-corrected chi connectivity index (χ3v) is 6.26. The van der Waals surface area contributed by atoms with Gasteiger partial charge in [0.25, 0.3) is 0 Å². The monoisotopic (exact) mass is 393 g/mol. The standard InChI is InChI=1S/C19H22F3N5O/c20-19(21,22)3-1-7-26-9-14(18(11-26)4-5-18)27-15(10-28)25-13-8-24-17-12(16(13)27)2-6-23-17/h2,6,8,14,28H,1,3-5,7,9-11H2,(H,23,24). The fourth-order valence-electron chi connectivity index (χ4n) is 4.82. The van der Waals surface area contributed by atoms with Gasteiger partial charge in [0.2, 0.25) is 0 Å². The zero-order valence-corrected chi connectivity index (χ0v) is 15.3. The highest BCUT2D eigenvalue weighted by Gasteiger charge is 2.56. The Morgan fingerprint density at radius 2 is 2.14 bits per heavy atom. The molecule has 1 aliphatic carbocycles. The highest BCUT2D eigenvalue weighted by molar-refractivity contribution is 6.01. The van der Waals surface area contributed by atoms with Gasteiger partial charge in [0, 0.05) is 36.5 Å². The van der Waals surface area contributed by atoms with E-state index >= 15 is 0 Å². The molecule has 5 rings (SSSR count). The zero-order valence-electron chi connectivity index (χ0n) is 15.3. The van der Waals surface area contributed by atoms with Gasteiger partial charge in [-0.05, 0) is 31.9 Å². The lowest BCUT2D eigenvalue weighted by molar-refractivity contribution is -0.136. The predicted molar refractivity (Wildman–Crippen MR) is 97.7 cm³/mol. The van der Waals surface area contributed by atoms with E-state index in [0.717, 1.165) is 41.5 Å². The topological polar surface area (TPSA) is 70.0 Å². The lowest BCUT2D eigenvalue weighted by Gasteiger charge is -2.22. The van der Waals surface area contributed by atoms with Crippen LogP contribution >= 0.6 is 0 Å². The molecule has 1 saturated carbocycles. The molecule has 1 unspecified atom stereocenters. The Balaban J connectivity index is 1.50. The lowest BCUT2D eigenvalue weighted by atomic mass is 10.00. The van der Waals surface area contributed by atoms with Gasteiger partial charge in [0.15, 0.2) is 0 Å². The van der Waals surface area contributed by atoms with Crippen LogP contribution in [0.4, 0.5) is 13.2 Å². The average Bonchev–Trinajstić information content (AvgIpc) is 2.99. The Bertz CT molecular complexity index is 1020. The molecule has 2 aliphatic rings. The molecule has 28 heavy (non-hydrogen) atoms. The van der Waals surface area contributed by atoms with E-state index in [1.165, 1.54) is 0 Å². The maximum atomic E-state index is 12.5. The number of H-pyrrole nitrogens is 1. The van der Waals surface area contributed by atoms with E-state index in [0.29, 0.717) is 18.9 Å². The fourth-order valence-corrected chi connectivity index (χ4v) is 4.82. The van der Waals surface area contributed by atoms with Gasteiger partial charge in [-0.1, -0.05) is 0 Å². The van der Waals surface area contributed by atoms with E-state index < -0.39 is 12.6 Å². The summed E-state index contributed by atoms with van der Waals surface area (Å²) in [5.41, 5.74) is 2.52. The van der Waals surface area contributed by atoms with Crippen LogP contribution in [0.3, 0.4) is 0 Å². The summed E-state index contributed by atoms with van der Waals surface area (Å²) in [6, 6.07) is 2.06. The van der Waals surface area contributed by atoms with Crippen molar-refractivity contribution >= 4 is 22.1 Å². The minimum atomic E-state index is -4.10. The molecule has 0 amide bonds. The number of hydrogen-bond donors (Lipinski definition) is 2. The largest absolute Gasteiger partial charge is 0.389 e. The molecule has 1 saturated heterocycles. The minimum absolute atomic E-state index is 0.0711. The van der Waals surface area contributed by atoms with Crippen LogP contribution in [0, 0.1) is 5.41 Å². The maximum Gasteiger partial charge on any atom is 0.389 e. The van der Waals surface area contributed by atoms with Crippen LogP contribution < -0.4 is 0 Å². The predicted octanol–water partition coefficient (Wildman–Crippen LogP) is 3.38. The number of aliphatic hydroxyl groups is 1. The molecule has 0 radical (unpaired) electrons. The first kappa shape index (κ1) is 17.9. The molecule has 6 nitrogen and oxygen atoms in total. The second kappa shape index (κ2) is 6.18. The van der Waals surface area contributed by atoms with Gasteiger partial charge in [-0.2, -0.15) is 13.2 Å². The molecule has 0 aromatic carbocycles. The number of pyridine rings is 1.